The van der Waals surface area contributed by atoms with Crippen molar-refractivity contribution in [3.05, 3.63) is 35.9 Å². The number of carbonyl (C=O) groups is 1. The maximum Gasteiger partial charge on any atom is 0.256 e. The Morgan fingerprint density at radius 1 is 1.44 bits per heavy atom. The summed E-state index contributed by atoms with van der Waals surface area (Å²) < 4.78 is 13.9. The molecule has 0 saturated carbocycles. The van der Waals surface area contributed by atoms with E-state index < -0.39 is 11.6 Å². The summed E-state index contributed by atoms with van der Waals surface area (Å²) in [4.78, 5) is 12.9. The lowest BCUT2D eigenvalue weighted by molar-refractivity contribution is -0.128. The zero-order valence-electron chi connectivity index (χ0n) is 9.03. The monoisotopic (exact) mass is 222 g/mol. The average molecular weight is 222 g/mol. The highest BCUT2D eigenvalue weighted by Crippen LogP contribution is 2.26. The zero-order chi connectivity index (χ0) is 11.6. The molecule has 0 aliphatic carbocycles. The molecule has 1 atom stereocenters. The van der Waals surface area contributed by atoms with E-state index in [0.717, 1.165) is 5.56 Å². The lowest BCUT2D eigenvalue weighted by Gasteiger charge is -2.17. The second-order valence-electron chi connectivity index (χ2n) is 4.28. The molecule has 1 saturated heterocycles. The minimum Gasteiger partial charge on any atom is -0.367 e. The summed E-state index contributed by atoms with van der Waals surface area (Å²) >= 11 is 0. The van der Waals surface area contributed by atoms with Crippen molar-refractivity contribution in [2.24, 2.45) is 5.73 Å². The Morgan fingerprint density at radius 2 is 2.12 bits per heavy atom. The highest BCUT2D eigenvalue weighted by molar-refractivity contribution is 5.84. The largest absolute Gasteiger partial charge is 0.367 e. The number of halogens is 1. The van der Waals surface area contributed by atoms with Gasteiger partial charge in [-0.05, 0) is 5.56 Å². The Bertz CT molecular complexity index is 382. The van der Waals surface area contributed by atoms with Gasteiger partial charge in [-0.3, -0.25) is 9.69 Å². The van der Waals surface area contributed by atoms with Gasteiger partial charge in [-0.25, -0.2) is 4.39 Å². The van der Waals surface area contributed by atoms with Crippen LogP contribution in [0, 0.1) is 0 Å². The molecule has 0 radical (unpaired) electrons. The van der Waals surface area contributed by atoms with Crippen molar-refractivity contribution in [2.45, 2.75) is 18.6 Å². The third-order valence-corrected chi connectivity index (χ3v) is 2.99. The van der Waals surface area contributed by atoms with Crippen LogP contribution >= 0.6 is 0 Å². The molecule has 2 rings (SSSR count). The standard InChI is InChI=1S/C12H15FN2O/c13-12(11(14)16)6-7-15(9-12)8-10-4-2-1-3-5-10/h1-5H,6-9H2,(H2,14,16)/t12-/m0/s1. The normalized spacial score (nSPS) is 25.8. The van der Waals surface area contributed by atoms with Gasteiger partial charge in [-0.15, -0.1) is 0 Å². The van der Waals surface area contributed by atoms with Crippen LogP contribution in [0.25, 0.3) is 0 Å². The van der Waals surface area contributed by atoms with Crippen molar-refractivity contribution in [1.82, 2.24) is 4.90 Å². The molecule has 0 spiro atoms. The maximum absolute atomic E-state index is 13.9. The van der Waals surface area contributed by atoms with Crippen molar-refractivity contribution in [3.63, 3.8) is 0 Å². The van der Waals surface area contributed by atoms with Crippen molar-refractivity contribution >= 4 is 5.91 Å². The fraction of sp³-hybridized carbons (Fsp3) is 0.417. The van der Waals surface area contributed by atoms with Crippen LogP contribution in [-0.4, -0.2) is 29.6 Å². The number of benzene rings is 1. The van der Waals surface area contributed by atoms with Crippen molar-refractivity contribution in [2.75, 3.05) is 13.1 Å². The number of amides is 1. The first-order valence-corrected chi connectivity index (χ1v) is 5.35. The fourth-order valence-corrected chi connectivity index (χ4v) is 2.03. The average Bonchev–Trinajstić information content (AvgIpc) is 2.63. The molecule has 0 bridgehead atoms. The Morgan fingerprint density at radius 3 is 2.69 bits per heavy atom. The molecule has 1 aromatic rings. The van der Waals surface area contributed by atoms with E-state index in [0.29, 0.717) is 13.1 Å². The predicted molar refractivity (Wildman–Crippen MR) is 59.4 cm³/mol. The molecule has 86 valence electrons. The molecule has 16 heavy (non-hydrogen) atoms. The first kappa shape index (κ1) is 11.1. The lowest BCUT2D eigenvalue weighted by Crippen LogP contribution is -2.42. The minimum absolute atomic E-state index is 0.108. The maximum atomic E-state index is 13.9. The highest BCUT2D eigenvalue weighted by atomic mass is 19.1. The second kappa shape index (κ2) is 4.22. The lowest BCUT2D eigenvalue weighted by atomic mass is 10.1. The van der Waals surface area contributed by atoms with Gasteiger partial charge in [0.25, 0.3) is 5.91 Å². The third kappa shape index (κ3) is 2.22. The Hall–Kier alpha value is -1.42. The Kier molecular flexibility index (Phi) is 2.92. The summed E-state index contributed by atoms with van der Waals surface area (Å²) in [5.74, 6) is -0.844. The molecule has 1 heterocycles. The van der Waals surface area contributed by atoms with Crippen molar-refractivity contribution in [3.8, 4) is 0 Å². The van der Waals surface area contributed by atoms with Gasteiger partial charge in [-0.1, -0.05) is 30.3 Å². The number of nitrogens with two attached hydrogens (primary N) is 1. The number of alkyl halides is 1. The van der Waals surface area contributed by atoms with Crippen LogP contribution in [0.2, 0.25) is 0 Å². The molecule has 1 amide bonds. The van der Waals surface area contributed by atoms with E-state index in [-0.39, 0.29) is 13.0 Å². The summed E-state index contributed by atoms with van der Waals surface area (Å²) in [7, 11) is 0. The first-order valence-electron chi connectivity index (χ1n) is 5.35. The minimum atomic E-state index is -1.84. The van der Waals surface area contributed by atoms with Crippen molar-refractivity contribution < 1.29 is 9.18 Å². The summed E-state index contributed by atoms with van der Waals surface area (Å²) in [6.07, 6.45) is 0.204. The number of hydrogen-bond donors (Lipinski definition) is 1. The van der Waals surface area contributed by atoms with Gasteiger partial charge in [0.1, 0.15) is 0 Å². The van der Waals surface area contributed by atoms with Gasteiger partial charge in [0, 0.05) is 26.1 Å². The molecule has 4 heteroatoms. The van der Waals surface area contributed by atoms with E-state index in [9.17, 15) is 9.18 Å². The van der Waals surface area contributed by atoms with Crippen LogP contribution in [-0.2, 0) is 11.3 Å². The molecule has 1 aromatic carbocycles. The first-order chi connectivity index (χ1) is 7.60. The van der Waals surface area contributed by atoms with Crippen LogP contribution in [0.4, 0.5) is 4.39 Å². The molecule has 0 unspecified atom stereocenters. The third-order valence-electron chi connectivity index (χ3n) is 2.99. The molecule has 0 aromatic heterocycles. The van der Waals surface area contributed by atoms with E-state index in [1.54, 1.807) is 0 Å². The van der Waals surface area contributed by atoms with Crippen LogP contribution < -0.4 is 5.73 Å². The predicted octanol–water partition coefficient (Wildman–Crippen LogP) is 1.09. The van der Waals surface area contributed by atoms with Crippen LogP contribution in [0.3, 0.4) is 0 Å². The zero-order valence-corrected chi connectivity index (χ0v) is 9.03. The topological polar surface area (TPSA) is 46.3 Å². The number of hydrogen-bond acceptors (Lipinski definition) is 2. The Balaban J connectivity index is 1.98. The molecule has 1 aliphatic rings. The summed E-state index contributed by atoms with van der Waals surface area (Å²) in [6.45, 7) is 1.35. The van der Waals surface area contributed by atoms with Gasteiger partial charge >= 0.3 is 0 Å². The number of carbonyl (C=O) groups excluding carboxylic acids is 1. The molecular weight excluding hydrogens is 207 g/mol. The number of rotatable bonds is 3. The smallest absolute Gasteiger partial charge is 0.256 e. The quantitative estimate of drug-likeness (QED) is 0.832. The van der Waals surface area contributed by atoms with Gasteiger partial charge in [0.05, 0.1) is 0 Å². The van der Waals surface area contributed by atoms with Gasteiger partial charge < -0.3 is 5.73 Å². The van der Waals surface area contributed by atoms with Crippen LogP contribution in [0.5, 0.6) is 0 Å². The number of nitrogens with zero attached hydrogens (tertiary/aromatic N) is 1. The van der Waals surface area contributed by atoms with Gasteiger partial charge in [-0.2, -0.15) is 0 Å². The Labute approximate surface area is 94.0 Å². The highest BCUT2D eigenvalue weighted by Gasteiger charge is 2.43. The number of primary amides is 1. The van der Waals surface area contributed by atoms with E-state index in [2.05, 4.69) is 0 Å². The molecule has 1 fully saturated rings. The molecular formula is C12H15FN2O. The fourth-order valence-electron chi connectivity index (χ4n) is 2.03. The van der Waals surface area contributed by atoms with Crippen LogP contribution in [0.15, 0.2) is 30.3 Å². The van der Waals surface area contributed by atoms with Crippen molar-refractivity contribution in [1.29, 1.82) is 0 Å². The van der Waals surface area contributed by atoms with Gasteiger partial charge in [0.15, 0.2) is 0 Å². The summed E-state index contributed by atoms with van der Waals surface area (Å²) in [6, 6.07) is 9.81. The van der Waals surface area contributed by atoms with E-state index in [1.165, 1.54) is 0 Å². The SMILES string of the molecule is NC(=O)[C@]1(F)CCN(Cc2ccccc2)C1. The van der Waals surface area contributed by atoms with Crippen LogP contribution in [0.1, 0.15) is 12.0 Å². The second-order valence-corrected chi connectivity index (χ2v) is 4.28. The molecule has 2 N–H and O–H groups in total. The van der Waals surface area contributed by atoms with Gasteiger partial charge in [0.2, 0.25) is 5.67 Å². The molecule has 1 aliphatic heterocycles. The van der Waals surface area contributed by atoms with E-state index >= 15 is 0 Å². The molecule has 3 nitrogen and oxygen atoms in total. The summed E-state index contributed by atoms with van der Waals surface area (Å²) in [5.41, 5.74) is 4.33. The van der Waals surface area contributed by atoms with E-state index in [4.69, 9.17) is 5.73 Å². The number of likely N-dealkylation sites (tertiary alicyclic amines) is 1. The summed E-state index contributed by atoms with van der Waals surface area (Å²) in [5, 5.41) is 0. The van der Waals surface area contributed by atoms with E-state index in [1.807, 2.05) is 35.2 Å².